The second kappa shape index (κ2) is 10.8. The van der Waals surface area contributed by atoms with Gasteiger partial charge in [0.25, 0.3) is 11.8 Å². The van der Waals surface area contributed by atoms with E-state index in [-0.39, 0.29) is 18.4 Å². The molecule has 35 heavy (non-hydrogen) atoms. The third kappa shape index (κ3) is 5.81. The van der Waals surface area contributed by atoms with Gasteiger partial charge < -0.3 is 24.8 Å². The van der Waals surface area contributed by atoms with Gasteiger partial charge in [-0.3, -0.25) is 9.59 Å². The van der Waals surface area contributed by atoms with Crippen LogP contribution < -0.4 is 35.3 Å². The van der Waals surface area contributed by atoms with Crippen molar-refractivity contribution in [3.05, 3.63) is 76.2 Å². The van der Waals surface area contributed by atoms with Crippen LogP contribution in [-0.4, -0.2) is 32.6 Å². The molecule has 0 heterocycles. The maximum Gasteiger partial charge on any atom is 0.262 e. The Labute approximate surface area is 204 Å². The van der Waals surface area contributed by atoms with Gasteiger partial charge in [-0.25, -0.2) is 0 Å². The molecule has 0 aliphatic heterocycles. The molecular formula is C28H28N2O5. The molecule has 1 aliphatic carbocycles. The third-order valence-electron chi connectivity index (χ3n) is 5.63. The maximum atomic E-state index is 13.0. The molecule has 2 amide bonds. The van der Waals surface area contributed by atoms with Gasteiger partial charge in [0.05, 0.1) is 14.2 Å². The Kier molecular flexibility index (Phi) is 7.35. The molecule has 0 radical (unpaired) electrons. The summed E-state index contributed by atoms with van der Waals surface area (Å²) in [5, 5.41) is 7.40. The highest BCUT2D eigenvalue weighted by Crippen LogP contribution is 2.25. The second-order valence-corrected chi connectivity index (χ2v) is 8.19. The summed E-state index contributed by atoms with van der Waals surface area (Å²) < 4.78 is 16.3. The van der Waals surface area contributed by atoms with E-state index >= 15 is 0 Å². The molecule has 0 aromatic heterocycles. The molecule has 180 valence electrons. The number of hydrogen-bond donors (Lipinski definition) is 2. The van der Waals surface area contributed by atoms with Gasteiger partial charge in [-0.15, -0.1) is 0 Å². The van der Waals surface area contributed by atoms with E-state index < -0.39 is 0 Å². The van der Waals surface area contributed by atoms with Crippen LogP contribution in [-0.2, 0) is 4.79 Å². The van der Waals surface area contributed by atoms with Crippen molar-refractivity contribution in [3.8, 4) is 17.2 Å². The van der Waals surface area contributed by atoms with E-state index in [1.165, 1.54) is 0 Å². The summed E-state index contributed by atoms with van der Waals surface area (Å²) in [5.41, 5.74) is 2.92. The highest BCUT2D eigenvalue weighted by Gasteiger charge is 2.14. The predicted octanol–water partition coefficient (Wildman–Crippen LogP) is 3.64. The largest absolute Gasteiger partial charge is 0.497 e. The summed E-state index contributed by atoms with van der Waals surface area (Å²) in [6.45, 7) is 1.79. The van der Waals surface area contributed by atoms with Crippen molar-refractivity contribution >= 4 is 35.3 Å². The minimum Gasteiger partial charge on any atom is -0.497 e. The smallest absolute Gasteiger partial charge is 0.262 e. The minimum atomic E-state index is -0.324. The number of benzene rings is 3. The molecule has 1 aliphatic rings. The molecule has 0 spiro atoms. The Morgan fingerprint density at radius 2 is 1.54 bits per heavy atom. The van der Waals surface area contributed by atoms with E-state index in [1.54, 1.807) is 44.6 Å². The molecule has 0 saturated carbocycles. The number of rotatable bonds is 8. The topological polar surface area (TPSA) is 85.9 Å². The number of ether oxygens (including phenoxy) is 3. The lowest BCUT2D eigenvalue weighted by Gasteiger charge is -2.14. The van der Waals surface area contributed by atoms with Crippen LogP contribution in [0.15, 0.2) is 54.6 Å². The Hall–Kier alpha value is -4.26. The van der Waals surface area contributed by atoms with Crippen LogP contribution in [0.5, 0.6) is 17.2 Å². The number of nitrogens with one attached hydrogen (secondary N) is 2. The van der Waals surface area contributed by atoms with E-state index in [0.29, 0.717) is 28.5 Å². The van der Waals surface area contributed by atoms with Crippen LogP contribution >= 0.6 is 0 Å². The molecular weight excluding hydrogens is 444 g/mol. The van der Waals surface area contributed by atoms with E-state index in [1.807, 2.05) is 43.3 Å². The Balaban J connectivity index is 1.50. The summed E-state index contributed by atoms with van der Waals surface area (Å²) in [4.78, 5) is 25.6. The lowest BCUT2D eigenvalue weighted by Crippen LogP contribution is -2.36. The number of methoxy groups -OCH3 is 2. The van der Waals surface area contributed by atoms with Crippen molar-refractivity contribution < 1.29 is 23.8 Å². The van der Waals surface area contributed by atoms with E-state index in [4.69, 9.17) is 14.2 Å². The summed E-state index contributed by atoms with van der Waals surface area (Å²) in [5.74, 6) is 1.19. The number of hydrogen-bond acceptors (Lipinski definition) is 5. The average Bonchev–Trinajstić information content (AvgIpc) is 2.86. The Bertz CT molecular complexity index is 1360. The predicted molar refractivity (Wildman–Crippen MR) is 137 cm³/mol. The van der Waals surface area contributed by atoms with Gasteiger partial charge in [-0.1, -0.05) is 24.3 Å². The van der Waals surface area contributed by atoms with Crippen molar-refractivity contribution in [1.82, 2.24) is 0 Å². The number of anilines is 2. The van der Waals surface area contributed by atoms with Crippen LogP contribution in [0.1, 0.15) is 28.8 Å². The van der Waals surface area contributed by atoms with Crippen LogP contribution in [0.2, 0.25) is 0 Å². The SMILES string of the molecule is COc1cc(NC(=O)COc2ccc(C(=O)Nc3cccc(C)c3)c3c2=CCCC=3)cc(OC)c1. The van der Waals surface area contributed by atoms with Gasteiger partial charge in [-0.05, 0) is 54.8 Å². The Morgan fingerprint density at radius 3 is 2.23 bits per heavy atom. The first-order valence-corrected chi connectivity index (χ1v) is 11.3. The third-order valence-corrected chi connectivity index (χ3v) is 5.63. The van der Waals surface area contributed by atoms with Crippen molar-refractivity contribution in [1.29, 1.82) is 0 Å². The fourth-order valence-corrected chi connectivity index (χ4v) is 3.97. The first kappa shape index (κ1) is 23.9. The number of amides is 2. The highest BCUT2D eigenvalue weighted by atomic mass is 16.5. The Morgan fingerprint density at radius 1 is 0.829 bits per heavy atom. The number of carbonyl (C=O) groups is 2. The molecule has 0 unspecified atom stereocenters. The zero-order valence-electron chi connectivity index (χ0n) is 20.0. The van der Waals surface area contributed by atoms with Crippen LogP contribution in [0.4, 0.5) is 11.4 Å². The maximum absolute atomic E-state index is 13.0. The molecule has 3 aromatic carbocycles. The molecule has 7 heteroatoms. The lowest BCUT2D eigenvalue weighted by molar-refractivity contribution is -0.118. The number of fused-ring (bicyclic) bond motifs is 1. The first-order valence-electron chi connectivity index (χ1n) is 11.3. The lowest BCUT2D eigenvalue weighted by atomic mass is 10.0. The minimum absolute atomic E-state index is 0.185. The number of carbonyl (C=O) groups excluding carboxylic acids is 2. The zero-order valence-corrected chi connectivity index (χ0v) is 20.0. The normalized spacial score (nSPS) is 11.9. The van der Waals surface area contributed by atoms with Crippen LogP contribution in [0.25, 0.3) is 12.2 Å². The highest BCUT2D eigenvalue weighted by molar-refractivity contribution is 6.04. The molecule has 0 bridgehead atoms. The molecule has 0 saturated heterocycles. The molecule has 7 nitrogen and oxygen atoms in total. The van der Waals surface area contributed by atoms with Crippen molar-refractivity contribution in [3.63, 3.8) is 0 Å². The molecule has 3 aromatic rings. The molecule has 0 atom stereocenters. The second-order valence-electron chi connectivity index (χ2n) is 8.19. The summed E-state index contributed by atoms with van der Waals surface area (Å²) in [7, 11) is 3.09. The number of aryl methyl sites for hydroxylation is 1. The van der Waals surface area contributed by atoms with Gasteiger partial charge in [0.1, 0.15) is 17.2 Å². The van der Waals surface area contributed by atoms with Gasteiger partial charge in [0, 0.05) is 40.4 Å². The monoisotopic (exact) mass is 472 g/mol. The standard InChI is InChI=1S/C28H28N2O5/c1-18-7-6-8-19(13-18)30-28(32)25-11-12-26(24-10-5-4-9-23(24)25)35-17-27(31)29-20-14-21(33-2)16-22(15-20)34-3/h6-16H,4-5,17H2,1-3H3,(H,29,31)(H,30,32). The van der Waals surface area contributed by atoms with Gasteiger partial charge in [0.2, 0.25) is 0 Å². The molecule has 2 N–H and O–H groups in total. The van der Waals surface area contributed by atoms with Gasteiger partial charge in [0.15, 0.2) is 6.61 Å². The molecule has 0 fully saturated rings. The van der Waals surface area contributed by atoms with Crippen LogP contribution in [0, 0.1) is 6.92 Å². The summed E-state index contributed by atoms with van der Waals surface area (Å²) in [6, 6.07) is 16.3. The molecule has 4 rings (SSSR count). The summed E-state index contributed by atoms with van der Waals surface area (Å²) in [6.07, 6.45) is 5.75. The van der Waals surface area contributed by atoms with Gasteiger partial charge >= 0.3 is 0 Å². The average molecular weight is 473 g/mol. The zero-order chi connectivity index (χ0) is 24.8. The van der Waals surface area contributed by atoms with E-state index in [2.05, 4.69) is 10.6 Å². The quantitative estimate of drug-likeness (QED) is 0.523. The summed E-state index contributed by atoms with van der Waals surface area (Å²) >= 11 is 0. The van der Waals surface area contributed by atoms with Gasteiger partial charge in [-0.2, -0.15) is 0 Å². The van der Waals surface area contributed by atoms with E-state index in [0.717, 1.165) is 34.5 Å². The van der Waals surface area contributed by atoms with Crippen molar-refractivity contribution in [2.75, 3.05) is 31.5 Å². The van der Waals surface area contributed by atoms with Crippen LogP contribution in [0.3, 0.4) is 0 Å². The first-order chi connectivity index (χ1) is 17.0. The van der Waals surface area contributed by atoms with Crippen molar-refractivity contribution in [2.24, 2.45) is 0 Å². The fourth-order valence-electron chi connectivity index (χ4n) is 3.97. The van der Waals surface area contributed by atoms with Crippen molar-refractivity contribution in [2.45, 2.75) is 19.8 Å². The van der Waals surface area contributed by atoms with E-state index in [9.17, 15) is 9.59 Å². The fraction of sp³-hybridized carbons (Fsp3) is 0.214.